The van der Waals surface area contributed by atoms with E-state index in [4.69, 9.17) is 10.6 Å². The molecule has 0 aliphatic rings. The fraction of sp³-hybridized carbons (Fsp3) is 0.167. The Morgan fingerprint density at radius 3 is 2.67 bits per heavy atom. The first kappa shape index (κ1) is 14.6. The van der Waals surface area contributed by atoms with Crippen molar-refractivity contribution in [2.45, 2.75) is 13.8 Å². The SMILES string of the molecule is Cc1cc(Oc2cc(C)c([N+](=O)[O-])cc2F)nc(NN)n1. The van der Waals surface area contributed by atoms with Crippen molar-refractivity contribution in [3.8, 4) is 11.6 Å². The number of aromatic nitrogens is 2. The van der Waals surface area contributed by atoms with Gasteiger partial charge in [0.1, 0.15) is 0 Å². The number of hydrogen-bond donors (Lipinski definition) is 2. The van der Waals surface area contributed by atoms with Gasteiger partial charge in [-0.25, -0.2) is 15.2 Å². The first-order chi connectivity index (χ1) is 9.90. The average molecular weight is 293 g/mol. The number of nitrogens with two attached hydrogens (primary N) is 1. The molecule has 0 aliphatic carbocycles. The van der Waals surface area contributed by atoms with Crippen LogP contribution in [0.4, 0.5) is 16.0 Å². The van der Waals surface area contributed by atoms with Crippen LogP contribution < -0.4 is 16.0 Å². The van der Waals surface area contributed by atoms with Crippen molar-refractivity contribution in [2.75, 3.05) is 5.43 Å². The maximum absolute atomic E-state index is 13.8. The lowest BCUT2D eigenvalue weighted by molar-refractivity contribution is -0.385. The third-order valence-electron chi connectivity index (χ3n) is 2.62. The number of nitrogens with one attached hydrogen (secondary N) is 1. The van der Waals surface area contributed by atoms with Crippen LogP contribution in [0.1, 0.15) is 11.3 Å². The van der Waals surface area contributed by atoms with Gasteiger partial charge in [-0.05, 0) is 19.9 Å². The maximum atomic E-state index is 13.8. The molecule has 0 spiro atoms. The minimum atomic E-state index is -0.856. The second kappa shape index (κ2) is 5.67. The molecule has 0 saturated heterocycles. The lowest BCUT2D eigenvalue weighted by Crippen LogP contribution is -2.11. The summed E-state index contributed by atoms with van der Waals surface area (Å²) in [5, 5.41) is 10.7. The van der Waals surface area contributed by atoms with Crippen molar-refractivity contribution in [1.29, 1.82) is 0 Å². The van der Waals surface area contributed by atoms with Crippen molar-refractivity contribution in [3.63, 3.8) is 0 Å². The number of hydrogen-bond acceptors (Lipinski definition) is 7. The highest BCUT2D eigenvalue weighted by molar-refractivity contribution is 5.46. The Kier molecular flexibility index (Phi) is 3.94. The molecule has 0 saturated carbocycles. The van der Waals surface area contributed by atoms with E-state index in [2.05, 4.69) is 15.4 Å². The largest absolute Gasteiger partial charge is 0.436 e. The maximum Gasteiger partial charge on any atom is 0.275 e. The van der Waals surface area contributed by atoms with Crippen molar-refractivity contribution in [2.24, 2.45) is 5.84 Å². The number of benzene rings is 1. The molecular weight excluding hydrogens is 281 g/mol. The number of ether oxygens (including phenoxy) is 1. The van der Waals surface area contributed by atoms with Gasteiger partial charge < -0.3 is 4.74 Å². The highest BCUT2D eigenvalue weighted by atomic mass is 19.1. The highest BCUT2D eigenvalue weighted by Crippen LogP contribution is 2.30. The number of nitrogens with zero attached hydrogens (tertiary/aromatic N) is 3. The van der Waals surface area contributed by atoms with Crippen LogP contribution in [0.2, 0.25) is 0 Å². The van der Waals surface area contributed by atoms with Crippen molar-refractivity contribution in [1.82, 2.24) is 9.97 Å². The predicted octanol–water partition coefficient (Wildman–Crippen LogP) is 2.22. The molecule has 8 nitrogen and oxygen atoms in total. The summed E-state index contributed by atoms with van der Waals surface area (Å²) in [6.07, 6.45) is 0. The molecule has 0 fully saturated rings. The first-order valence-corrected chi connectivity index (χ1v) is 5.85. The summed E-state index contributed by atoms with van der Waals surface area (Å²) in [4.78, 5) is 17.9. The van der Waals surface area contributed by atoms with E-state index in [9.17, 15) is 14.5 Å². The lowest BCUT2D eigenvalue weighted by Gasteiger charge is -2.09. The Bertz CT molecular complexity index is 708. The Morgan fingerprint density at radius 1 is 1.33 bits per heavy atom. The molecular formula is C12H12FN5O3. The minimum absolute atomic E-state index is 0.0719. The normalized spacial score (nSPS) is 10.3. The Hall–Kier alpha value is -2.81. The average Bonchev–Trinajstić information content (AvgIpc) is 2.41. The monoisotopic (exact) mass is 293 g/mol. The summed E-state index contributed by atoms with van der Waals surface area (Å²) in [6, 6.07) is 3.53. The zero-order valence-electron chi connectivity index (χ0n) is 11.3. The van der Waals surface area contributed by atoms with Crippen LogP contribution in [0.5, 0.6) is 11.6 Å². The van der Waals surface area contributed by atoms with Crippen molar-refractivity contribution < 1.29 is 14.1 Å². The van der Waals surface area contributed by atoms with Gasteiger partial charge in [-0.15, -0.1) is 0 Å². The molecule has 1 aromatic heterocycles. The van der Waals surface area contributed by atoms with Crippen LogP contribution in [0, 0.1) is 29.8 Å². The number of nitro benzene ring substituents is 1. The zero-order valence-corrected chi connectivity index (χ0v) is 11.3. The molecule has 21 heavy (non-hydrogen) atoms. The molecule has 2 aromatic rings. The minimum Gasteiger partial charge on any atom is -0.436 e. The molecule has 0 amide bonds. The highest BCUT2D eigenvalue weighted by Gasteiger charge is 2.17. The fourth-order valence-electron chi connectivity index (χ4n) is 1.69. The third-order valence-corrected chi connectivity index (χ3v) is 2.62. The smallest absolute Gasteiger partial charge is 0.275 e. The van der Waals surface area contributed by atoms with Crippen LogP contribution in [0.3, 0.4) is 0 Å². The van der Waals surface area contributed by atoms with Crippen LogP contribution >= 0.6 is 0 Å². The van der Waals surface area contributed by atoms with Crippen LogP contribution in [0.15, 0.2) is 18.2 Å². The van der Waals surface area contributed by atoms with Crippen LogP contribution in [-0.4, -0.2) is 14.9 Å². The summed E-state index contributed by atoms with van der Waals surface area (Å²) < 4.78 is 19.1. The van der Waals surface area contributed by atoms with Crippen LogP contribution in [-0.2, 0) is 0 Å². The fourth-order valence-corrected chi connectivity index (χ4v) is 1.69. The summed E-state index contributed by atoms with van der Waals surface area (Å²) in [7, 11) is 0. The standard InChI is InChI=1S/C12H12FN5O3/c1-6-3-10(8(13)5-9(6)18(19)20)21-11-4-7(2)15-12(16-11)17-14/h3-5H,14H2,1-2H3,(H,15,16,17). The van der Waals surface area contributed by atoms with Gasteiger partial charge in [-0.3, -0.25) is 15.5 Å². The number of nitrogen functional groups attached to an aromatic ring is 1. The molecule has 0 bridgehead atoms. The van der Waals surface area contributed by atoms with E-state index < -0.39 is 10.7 Å². The lowest BCUT2D eigenvalue weighted by atomic mass is 10.2. The van der Waals surface area contributed by atoms with Gasteiger partial charge in [0.2, 0.25) is 11.8 Å². The second-order valence-electron chi connectivity index (χ2n) is 4.24. The Morgan fingerprint density at radius 2 is 2.05 bits per heavy atom. The topological polar surface area (TPSA) is 116 Å². The van der Waals surface area contributed by atoms with E-state index in [1.54, 1.807) is 6.92 Å². The number of halogens is 1. The predicted molar refractivity (Wildman–Crippen MR) is 72.4 cm³/mol. The first-order valence-electron chi connectivity index (χ1n) is 5.85. The van der Waals surface area contributed by atoms with E-state index in [-0.39, 0.29) is 28.8 Å². The summed E-state index contributed by atoms with van der Waals surface area (Å²) in [5.41, 5.74) is 2.78. The number of rotatable bonds is 4. The van der Waals surface area contributed by atoms with Gasteiger partial charge in [0.15, 0.2) is 11.6 Å². The molecule has 2 rings (SSSR count). The number of hydrazine groups is 1. The molecule has 9 heteroatoms. The quantitative estimate of drug-likeness (QED) is 0.504. The molecule has 0 atom stereocenters. The van der Waals surface area contributed by atoms with Gasteiger partial charge in [0, 0.05) is 17.3 Å². The molecule has 110 valence electrons. The zero-order chi connectivity index (χ0) is 15.6. The van der Waals surface area contributed by atoms with Gasteiger partial charge in [0.05, 0.1) is 11.0 Å². The summed E-state index contributed by atoms with van der Waals surface area (Å²) in [5.74, 6) is 4.37. The number of nitro groups is 1. The molecule has 1 heterocycles. The molecule has 3 N–H and O–H groups in total. The molecule has 1 aromatic carbocycles. The third kappa shape index (κ3) is 3.20. The Labute approximate surface area is 118 Å². The summed E-state index contributed by atoms with van der Waals surface area (Å²) in [6.45, 7) is 3.18. The van der Waals surface area contributed by atoms with E-state index in [1.165, 1.54) is 19.1 Å². The Balaban J connectivity index is 2.38. The number of aryl methyl sites for hydroxylation is 2. The van der Waals surface area contributed by atoms with Gasteiger partial charge in [-0.2, -0.15) is 4.98 Å². The summed E-state index contributed by atoms with van der Waals surface area (Å²) >= 11 is 0. The van der Waals surface area contributed by atoms with E-state index in [0.29, 0.717) is 5.69 Å². The van der Waals surface area contributed by atoms with E-state index in [0.717, 1.165) is 6.07 Å². The van der Waals surface area contributed by atoms with E-state index in [1.807, 2.05) is 0 Å². The number of anilines is 1. The van der Waals surface area contributed by atoms with Gasteiger partial charge >= 0.3 is 0 Å². The molecule has 0 radical (unpaired) electrons. The van der Waals surface area contributed by atoms with Crippen LogP contribution in [0.25, 0.3) is 0 Å². The second-order valence-corrected chi connectivity index (χ2v) is 4.24. The molecule has 0 aliphatic heterocycles. The van der Waals surface area contributed by atoms with Crippen molar-refractivity contribution in [3.05, 3.63) is 45.4 Å². The molecule has 0 unspecified atom stereocenters. The van der Waals surface area contributed by atoms with Gasteiger partial charge in [-0.1, -0.05) is 0 Å². The van der Waals surface area contributed by atoms with E-state index >= 15 is 0 Å². The van der Waals surface area contributed by atoms with Gasteiger partial charge in [0.25, 0.3) is 5.69 Å². The van der Waals surface area contributed by atoms with Crippen molar-refractivity contribution >= 4 is 11.6 Å².